The molecule has 4 heteroatoms. The zero-order valence-corrected chi connectivity index (χ0v) is 10.7. The van der Waals surface area contributed by atoms with Crippen molar-refractivity contribution in [3.05, 3.63) is 23.8 Å². The first-order valence-corrected chi connectivity index (χ1v) is 5.88. The van der Waals surface area contributed by atoms with Crippen LogP contribution in [0.15, 0.2) is 18.2 Å². The van der Waals surface area contributed by atoms with Crippen molar-refractivity contribution in [2.24, 2.45) is 0 Å². The van der Waals surface area contributed by atoms with Crippen LogP contribution in [0.25, 0.3) is 0 Å². The van der Waals surface area contributed by atoms with Crippen LogP contribution in [0.3, 0.4) is 0 Å². The molecule has 17 heavy (non-hydrogen) atoms. The topological polar surface area (TPSA) is 81.1 Å². The minimum absolute atomic E-state index is 0.129. The van der Waals surface area contributed by atoms with E-state index in [-0.39, 0.29) is 11.4 Å². The Balaban J connectivity index is 2.90. The Kier molecular flexibility index (Phi) is 3.99. The van der Waals surface area contributed by atoms with E-state index in [0.29, 0.717) is 16.9 Å². The van der Waals surface area contributed by atoms with E-state index in [0.717, 1.165) is 12.8 Å². The normalized spacial score (nSPS) is 11.2. The number of rotatable bonds is 4. The Hall–Kier alpha value is -1.71. The molecular weight excluding hydrogens is 214 g/mol. The number of amides is 1. The van der Waals surface area contributed by atoms with Gasteiger partial charge in [-0.2, -0.15) is 0 Å². The molecule has 0 atom stereocenters. The van der Waals surface area contributed by atoms with Crippen molar-refractivity contribution in [1.29, 1.82) is 0 Å². The van der Waals surface area contributed by atoms with Crippen LogP contribution < -0.4 is 16.8 Å². The van der Waals surface area contributed by atoms with E-state index in [2.05, 4.69) is 19.2 Å². The average molecular weight is 235 g/mol. The van der Waals surface area contributed by atoms with Gasteiger partial charge >= 0.3 is 0 Å². The van der Waals surface area contributed by atoms with Gasteiger partial charge in [-0.25, -0.2) is 0 Å². The zero-order valence-electron chi connectivity index (χ0n) is 10.7. The fraction of sp³-hybridized carbons (Fsp3) is 0.462. The van der Waals surface area contributed by atoms with E-state index in [1.54, 1.807) is 18.2 Å². The molecule has 0 aliphatic heterocycles. The van der Waals surface area contributed by atoms with Gasteiger partial charge in [0.15, 0.2) is 0 Å². The SMILES string of the molecule is CCC(C)(CC)NC(=O)c1cc(N)cc(N)c1. The van der Waals surface area contributed by atoms with E-state index in [1.807, 2.05) is 6.92 Å². The van der Waals surface area contributed by atoms with Gasteiger partial charge in [0, 0.05) is 22.5 Å². The molecule has 0 bridgehead atoms. The van der Waals surface area contributed by atoms with Crippen molar-refractivity contribution < 1.29 is 4.79 Å². The molecule has 0 unspecified atom stereocenters. The van der Waals surface area contributed by atoms with E-state index in [4.69, 9.17) is 11.5 Å². The van der Waals surface area contributed by atoms with Crippen LogP contribution >= 0.6 is 0 Å². The second kappa shape index (κ2) is 5.08. The lowest BCUT2D eigenvalue weighted by molar-refractivity contribution is 0.0901. The summed E-state index contributed by atoms with van der Waals surface area (Å²) in [7, 11) is 0. The van der Waals surface area contributed by atoms with Crippen LogP contribution in [0.5, 0.6) is 0 Å². The summed E-state index contributed by atoms with van der Waals surface area (Å²) in [6.07, 6.45) is 1.76. The number of anilines is 2. The molecular formula is C13H21N3O. The largest absolute Gasteiger partial charge is 0.399 e. The lowest BCUT2D eigenvalue weighted by Gasteiger charge is -2.28. The fourth-order valence-electron chi connectivity index (χ4n) is 1.58. The van der Waals surface area contributed by atoms with E-state index < -0.39 is 0 Å². The second-order valence-corrected chi connectivity index (χ2v) is 4.61. The van der Waals surface area contributed by atoms with Crippen LogP contribution in [0.4, 0.5) is 11.4 Å². The van der Waals surface area contributed by atoms with Crippen molar-refractivity contribution in [3.63, 3.8) is 0 Å². The Morgan fingerprint density at radius 1 is 1.18 bits per heavy atom. The molecule has 0 radical (unpaired) electrons. The van der Waals surface area contributed by atoms with Gasteiger partial charge in [0.05, 0.1) is 0 Å². The minimum atomic E-state index is -0.184. The summed E-state index contributed by atoms with van der Waals surface area (Å²) in [5.41, 5.74) is 12.7. The monoisotopic (exact) mass is 235 g/mol. The lowest BCUT2D eigenvalue weighted by Crippen LogP contribution is -2.44. The number of carbonyl (C=O) groups excluding carboxylic acids is 1. The molecule has 1 aromatic rings. The Labute approximate surface area is 102 Å². The standard InChI is InChI=1S/C13H21N3O/c1-4-13(3,5-2)16-12(17)9-6-10(14)8-11(15)7-9/h6-8H,4-5,14-15H2,1-3H3,(H,16,17). The third-order valence-electron chi connectivity index (χ3n) is 3.22. The van der Waals surface area contributed by atoms with Crippen LogP contribution in [0.1, 0.15) is 44.0 Å². The van der Waals surface area contributed by atoms with Crippen LogP contribution in [0, 0.1) is 0 Å². The van der Waals surface area contributed by atoms with Crippen molar-refractivity contribution >= 4 is 17.3 Å². The number of nitrogens with one attached hydrogen (secondary N) is 1. The third kappa shape index (κ3) is 3.37. The van der Waals surface area contributed by atoms with Gasteiger partial charge in [-0.1, -0.05) is 13.8 Å². The molecule has 0 fully saturated rings. The predicted octanol–water partition coefficient (Wildman–Crippen LogP) is 2.16. The number of hydrogen-bond donors (Lipinski definition) is 3. The average Bonchev–Trinajstić information content (AvgIpc) is 2.27. The highest BCUT2D eigenvalue weighted by Gasteiger charge is 2.22. The van der Waals surface area contributed by atoms with Gasteiger partial charge < -0.3 is 16.8 Å². The molecule has 0 aliphatic carbocycles. The van der Waals surface area contributed by atoms with Crippen LogP contribution in [0.2, 0.25) is 0 Å². The molecule has 0 aromatic heterocycles. The van der Waals surface area contributed by atoms with E-state index in [1.165, 1.54) is 0 Å². The van der Waals surface area contributed by atoms with Gasteiger partial charge in [0.2, 0.25) is 0 Å². The highest BCUT2D eigenvalue weighted by Crippen LogP contribution is 2.17. The van der Waals surface area contributed by atoms with Crippen molar-refractivity contribution in [2.45, 2.75) is 39.2 Å². The third-order valence-corrected chi connectivity index (χ3v) is 3.22. The van der Waals surface area contributed by atoms with Crippen molar-refractivity contribution in [3.8, 4) is 0 Å². The van der Waals surface area contributed by atoms with Crippen molar-refractivity contribution in [1.82, 2.24) is 5.32 Å². The fourth-order valence-corrected chi connectivity index (χ4v) is 1.58. The summed E-state index contributed by atoms with van der Waals surface area (Å²) in [6, 6.07) is 4.91. The first kappa shape index (κ1) is 13.4. The molecule has 0 spiro atoms. The number of nitrogens with two attached hydrogens (primary N) is 2. The van der Waals surface area contributed by atoms with Gasteiger partial charge in [0.1, 0.15) is 0 Å². The first-order chi connectivity index (χ1) is 7.90. The van der Waals surface area contributed by atoms with Gasteiger partial charge in [-0.15, -0.1) is 0 Å². The van der Waals surface area contributed by atoms with E-state index in [9.17, 15) is 4.79 Å². The molecule has 1 amide bonds. The quantitative estimate of drug-likeness (QED) is 0.699. The maximum Gasteiger partial charge on any atom is 0.251 e. The summed E-state index contributed by atoms with van der Waals surface area (Å²) < 4.78 is 0. The van der Waals surface area contributed by atoms with Gasteiger partial charge in [-0.3, -0.25) is 4.79 Å². The van der Waals surface area contributed by atoms with Gasteiger partial charge in [-0.05, 0) is 38.0 Å². The predicted molar refractivity (Wildman–Crippen MR) is 71.7 cm³/mol. The molecule has 4 nitrogen and oxygen atoms in total. The molecule has 94 valence electrons. The molecule has 1 rings (SSSR count). The second-order valence-electron chi connectivity index (χ2n) is 4.61. The molecule has 0 heterocycles. The maximum atomic E-state index is 12.1. The smallest absolute Gasteiger partial charge is 0.251 e. The van der Waals surface area contributed by atoms with Gasteiger partial charge in [0.25, 0.3) is 5.91 Å². The summed E-state index contributed by atoms with van der Waals surface area (Å²) >= 11 is 0. The number of nitrogen functional groups attached to an aromatic ring is 2. The highest BCUT2D eigenvalue weighted by atomic mass is 16.1. The Bertz CT molecular complexity index is 391. The zero-order chi connectivity index (χ0) is 13.1. The Morgan fingerprint density at radius 3 is 2.06 bits per heavy atom. The molecule has 0 saturated heterocycles. The van der Waals surface area contributed by atoms with E-state index >= 15 is 0 Å². The number of hydrogen-bond acceptors (Lipinski definition) is 3. The summed E-state index contributed by atoms with van der Waals surface area (Å²) in [5.74, 6) is -0.129. The highest BCUT2D eigenvalue weighted by molar-refractivity contribution is 5.96. The number of carbonyl (C=O) groups is 1. The molecule has 0 aliphatic rings. The lowest BCUT2D eigenvalue weighted by atomic mass is 9.95. The minimum Gasteiger partial charge on any atom is -0.399 e. The number of benzene rings is 1. The molecule has 5 N–H and O–H groups in total. The maximum absolute atomic E-state index is 12.1. The summed E-state index contributed by atoms with van der Waals surface area (Å²) in [4.78, 5) is 12.1. The van der Waals surface area contributed by atoms with Crippen LogP contribution in [-0.2, 0) is 0 Å². The molecule has 0 saturated carbocycles. The van der Waals surface area contributed by atoms with Crippen LogP contribution in [-0.4, -0.2) is 11.4 Å². The summed E-state index contributed by atoms with van der Waals surface area (Å²) in [6.45, 7) is 6.13. The first-order valence-electron chi connectivity index (χ1n) is 5.88. The molecule has 1 aromatic carbocycles. The Morgan fingerprint density at radius 2 is 1.65 bits per heavy atom. The summed E-state index contributed by atoms with van der Waals surface area (Å²) in [5, 5.41) is 3.01. The van der Waals surface area contributed by atoms with Crippen molar-refractivity contribution in [2.75, 3.05) is 11.5 Å².